The van der Waals surface area contributed by atoms with Gasteiger partial charge in [-0.15, -0.1) is 0 Å². The molecule has 0 saturated carbocycles. The molecule has 2 atom stereocenters. The third-order valence-corrected chi connectivity index (χ3v) is 9.28. The number of ether oxygens (including phenoxy) is 3. The van der Waals surface area contributed by atoms with Gasteiger partial charge in [0.05, 0.1) is 34.4 Å². The lowest BCUT2D eigenvalue weighted by Crippen LogP contribution is -2.50. The zero-order valence-corrected chi connectivity index (χ0v) is 36.8. The van der Waals surface area contributed by atoms with E-state index in [1.165, 1.54) is 32.1 Å². The van der Waals surface area contributed by atoms with Gasteiger partial charge in [-0.05, 0) is 83.5 Å². The van der Waals surface area contributed by atoms with E-state index in [9.17, 15) is 19.5 Å². The van der Waals surface area contributed by atoms with Crippen LogP contribution in [0.5, 0.6) is 0 Å². The largest absolute Gasteiger partial charge is 0.477 e. The van der Waals surface area contributed by atoms with Crippen LogP contribution in [-0.4, -0.2) is 80.6 Å². The molecule has 0 fully saturated rings. The van der Waals surface area contributed by atoms with Gasteiger partial charge in [0.2, 0.25) is 0 Å². The summed E-state index contributed by atoms with van der Waals surface area (Å²) in [6, 6.07) is -0.631. The summed E-state index contributed by atoms with van der Waals surface area (Å²) >= 11 is 0. The lowest BCUT2D eigenvalue weighted by molar-refractivity contribution is -0.887. The van der Waals surface area contributed by atoms with Gasteiger partial charge in [-0.1, -0.05) is 137 Å². The zero-order chi connectivity index (χ0) is 42.1. The van der Waals surface area contributed by atoms with Crippen molar-refractivity contribution in [3.8, 4) is 0 Å². The molecular weight excluding hydrogens is 715 g/mol. The molecule has 324 valence electrons. The van der Waals surface area contributed by atoms with Gasteiger partial charge < -0.3 is 23.8 Å². The average Bonchev–Trinajstić information content (AvgIpc) is 3.17. The maximum absolute atomic E-state index is 12.7. The lowest BCUT2D eigenvalue weighted by atomic mass is 10.1. The molecule has 0 rings (SSSR count). The van der Waals surface area contributed by atoms with E-state index in [1.807, 2.05) is 21.1 Å². The quantitative estimate of drug-likeness (QED) is 0.0287. The fourth-order valence-corrected chi connectivity index (χ4v) is 5.86. The first kappa shape index (κ1) is 53.5. The van der Waals surface area contributed by atoms with E-state index >= 15 is 0 Å². The number of aliphatic carboxylic acids is 1. The van der Waals surface area contributed by atoms with Crippen molar-refractivity contribution in [2.24, 2.45) is 0 Å². The number of hydrogen-bond acceptors (Lipinski definition) is 6. The SMILES string of the molecule is CC/C=C\C/C=C\C/C=C\C/C=C\C/C=C\CCCC(=O)OC(COCCC(C(=O)O)[N+](C)(C)C)COC(=O)CCCCCCC/C=C\C/C=C\CCCCCC. The molecule has 2 unspecified atom stereocenters. The van der Waals surface area contributed by atoms with Crippen molar-refractivity contribution in [3.63, 3.8) is 0 Å². The summed E-state index contributed by atoms with van der Waals surface area (Å²) in [7, 11) is 5.49. The Morgan fingerprint density at radius 1 is 0.544 bits per heavy atom. The summed E-state index contributed by atoms with van der Waals surface area (Å²) in [5.74, 6) is -1.57. The van der Waals surface area contributed by atoms with Crippen molar-refractivity contribution in [2.45, 2.75) is 167 Å². The fraction of sp³-hybridized carbons (Fsp3) is 0.653. The molecule has 0 aromatic heterocycles. The highest BCUT2D eigenvalue weighted by Crippen LogP contribution is 2.12. The molecule has 0 aliphatic rings. The van der Waals surface area contributed by atoms with Gasteiger partial charge in [-0.25, -0.2) is 4.79 Å². The topological polar surface area (TPSA) is 99.1 Å². The van der Waals surface area contributed by atoms with E-state index in [0.717, 1.165) is 83.5 Å². The summed E-state index contributed by atoms with van der Waals surface area (Å²) in [4.78, 5) is 37.0. The number of carbonyl (C=O) groups excluding carboxylic acids is 2. The van der Waals surface area contributed by atoms with E-state index in [2.05, 4.69) is 98.9 Å². The van der Waals surface area contributed by atoms with Crippen molar-refractivity contribution >= 4 is 17.9 Å². The minimum Gasteiger partial charge on any atom is -0.477 e. The molecule has 0 spiro atoms. The summed E-state index contributed by atoms with van der Waals surface area (Å²) < 4.78 is 17.2. The Labute approximate surface area is 348 Å². The van der Waals surface area contributed by atoms with Crippen LogP contribution in [-0.2, 0) is 28.6 Å². The van der Waals surface area contributed by atoms with Crippen LogP contribution in [0.15, 0.2) is 85.1 Å². The van der Waals surface area contributed by atoms with Crippen LogP contribution < -0.4 is 0 Å². The molecule has 8 heteroatoms. The van der Waals surface area contributed by atoms with Crippen LogP contribution in [0.1, 0.15) is 155 Å². The lowest BCUT2D eigenvalue weighted by Gasteiger charge is -2.31. The van der Waals surface area contributed by atoms with E-state index in [0.29, 0.717) is 19.3 Å². The fourth-order valence-electron chi connectivity index (χ4n) is 5.86. The molecule has 0 heterocycles. The third-order valence-electron chi connectivity index (χ3n) is 9.28. The Morgan fingerprint density at radius 3 is 1.51 bits per heavy atom. The van der Waals surface area contributed by atoms with Crippen LogP contribution in [0.4, 0.5) is 0 Å². The number of hydrogen-bond donors (Lipinski definition) is 1. The molecule has 0 aliphatic heterocycles. The van der Waals surface area contributed by atoms with E-state index in [1.54, 1.807) is 0 Å². The molecule has 0 aromatic carbocycles. The van der Waals surface area contributed by atoms with Crippen molar-refractivity contribution in [2.75, 3.05) is 41.0 Å². The Bertz CT molecular complexity index is 1200. The van der Waals surface area contributed by atoms with Gasteiger partial charge in [-0.2, -0.15) is 0 Å². The molecule has 0 saturated heterocycles. The van der Waals surface area contributed by atoms with Crippen molar-refractivity contribution < 1.29 is 38.2 Å². The second-order valence-corrected chi connectivity index (χ2v) is 15.6. The number of quaternary nitrogens is 1. The van der Waals surface area contributed by atoms with Crippen LogP contribution >= 0.6 is 0 Å². The second kappa shape index (κ2) is 39.3. The highest BCUT2D eigenvalue weighted by atomic mass is 16.6. The number of likely N-dealkylation sites (N-methyl/N-ethyl adjacent to an activating group) is 1. The number of carbonyl (C=O) groups is 3. The average molecular weight is 797 g/mol. The first-order valence-corrected chi connectivity index (χ1v) is 22.1. The van der Waals surface area contributed by atoms with E-state index in [4.69, 9.17) is 14.2 Å². The van der Waals surface area contributed by atoms with Crippen LogP contribution in [0, 0.1) is 0 Å². The van der Waals surface area contributed by atoms with E-state index in [-0.39, 0.29) is 42.7 Å². The summed E-state index contributed by atoms with van der Waals surface area (Å²) in [6.45, 7) is 4.51. The number of allylic oxidation sites excluding steroid dienone is 14. The number of carboxylic acid groups (broad SMARTS) is 1. The second-order valence-electron chi connectivity index (χ2n) is 15.6. The molecule has 0 bridgehead atoms. The zero-order valence-electron chi connectivity index (χ0n) is 36.8. The first-order valence-electron chi connectivity index (χ1n) is 22.1. The monoisotopic (exact) mass is 797 g/mol. The third kappa shape index (κ3) is 37.8. The predicted molar refractivity (Wildman–Crippen MR) is 238 cm³/mol. The minimum absolute atomic E-state index is 0.0288. The summed E-state index contributed by atoms with van der Waals surface area (Å²) in [5, 5.41) is 9.62. The van der Waals surface area contributed by atoms with E-state index < -0.39 is 18.1 Å². The molecule has 0 radical (unpaired) electrons. The predicted octanol–water partition coefficient (Wildman–Crippen LogP) is 12.1. The number of nitrogens with zero attached hydrogens (tertiary/aromatic N) is 1. The Balaban J connectivity index is 4.49. The Hall–Kier alpha value is -3.49. The van der Waals surface area contributed by atoms with Gasteiger partial charge in [0.25, 0.3) is 0 Å². The smallest absolute Gasteiger partial charge is 0.362 e. The maximum Gasteiger partial charge on any atom is 0.362 e. The highest BCUT2D eigenvalue weighted by molar-refractivity contribution is 5.72. The van der Waals surface area contributed by atoms with Gasteiger partial charge in [0.1, 0.15) is 6.61 Å². The van der Waals surface area contributed by atoms with Crippen molar-refractivity contribution in [1.82, 2.24) is 0 Å². The Morgan fingerprint density at radius 2 is 1.00 bits per heavy atom. The van der Waals surface area contributed by atoms with Crippen molar-refractivity contribution in [1.29, 1.82) is 0 Å². The van der Waals surface area contributed by atoms with Gasteiger partial charge in [-0.3, -0.25) is 9.59 Å². The number of unbranched alkanes of at least 4 members (excludes halogenated alkanes) is 10. The molecule has 1 N–H and O–H groups in total. The van der Waals surface area contributed by atoms with Crippen molar-refractivity contribution in [3.05, 3.63) is 85.1 Å². The molecule has 57 heavy (non-hydrogen) atoms. The van der Waals surface area contributed by atoms with Crippen LogP contribution in [0.3, 0.4) is 0 Å². The Kier molecular flexibility index (Phi) is 36.9. The standard InChI is InChI=1S/C49H81NO7/c1-6-8-10-12-14-16-18-20-22-24-26-28-30-32-34-36-38-40-48(52)57-45(43-55-42-41-46(49(53)54)50(3,4)5)44-56-47(51)39-37-35-33-31-29-27-25-23-21-19-17-15-13-11-9-7-2/h8,10,14,16-17,19-20,22-23,25-26,28,32,34,45-46H,6-7,9,11-13,15,18,21,24,27,29-31,33,35-44H2,1-5H3/p+1/b10-8-,16-14-,19-17-,22-20-,25-23-,28-26-,34-32-. The number of carboxylic acids is 1. The first-order chi connectivity index (χ1) is 27.6. The van der Waals surface area contributed by atoms with Gasteiger partial charge >= 0.3 is 17.9 Å². The highest BCUT2D eigenvalue weighted by Gasteiger charge is 2.31. The maximum atomic E-state index is 12.7. The van der Waals surface area contributed by atoms with Gasteiger partial charge in [0.15, 0.2) is 12.1 Å². The molecular formula is C49H82NO7+. The minimum atomic E-state index is -0.890. The molecule has 0 aromatic rings. The van der Waals surface area contributed by atoms with Crippen LogP contribution in [0.2, 0.25) is 0 Å². The normalized spacial score (nSPS) is 13.8. The van der Waals surface area contributed by atoms with Gasteiger partial charge in [0, 0.05) is 19.3 Å². The molecule has 8 nitrogen and oxygen atoms in total. The number of esters is 2. The number of rotatable bonds is 38. The molecule has 0 aliphatic carbocycles. The summed E-state index contributed by atoms with van der Waals surface area (Å²) in [6.07, 6.45) is 50.6. The van der Waals surface area contributed by atoms with Crippen LogP contribution in [0.25, 0.3) is 0 Å². The molecule has 0 amide bonds. The summed E-state index contributed by atoms with van der Waals surface area (Å²) in [5.41, 5.74) is 0.